The van der Waals surface area contributed by atoms with Crippen LogP contribution in [0.5, 0.6) is 5.75 Å². The van der Waals surface area contributed by atoms with Gasteiger partial charge in [-0.15, -0.1) is 0 Å². The maximum atomic E-state index is 12.6. The summed E-state index contributed by atoms with van der Waals surface area (Å²) in [7, 11) is 1.41. The predicted octanol–water partition coefficient (Wildman–Crippen LogP) is 4.00. The van der Waals surface area contributed by atoms with Gasteiger partial charge in [0.2, 0.25) is 21.8 Å². The van der Waals surface area contributed by atoms with Crippen LogP contribution in [0, 0.1) is 10.1 Å². The Kier molecular flexibility index (Phi) is 10.2. The summed E-state index contributed by atoms with van der Waals surface area (Å²) in [5, 5.41) is 18.2. The number of piperidine rings is 1. The summed E-state index contributed by atoms with van der Waals surface area (Å²) in [5.41, 5.74) is 3.59. The van der Waals surface area contributed by atoms with Gasteiger partial charge in [0.25, 0.3) is 0 Å². The highest BCUT2D eigenvalue weighted by atomic mass is 32.2. The molecule has 0 radical (unpaired) electrons. The molecule has 0 unspecified atom stereocenters. The van der Waals surface area contributed by atoms with Gasteiger partial charge >= 0.3 is 5.69 Å². The van der Waals surface area contributed by atoms with Gasteiger partial charge in [-0.05, 0) is 50.1 Å². The average molecular weight is 706 g/mol. The van der Waals surface area contributed by atoms with Crippen LogP contribution in [-0.4, -0.2) is 116 Å². The van der Waals surface area contributed by atoms with Crippen molar-refractivity contribution in [1.29, 1.82) is 0 Å². The Morgan fingerprint density at radius 1 is 1.02 bits per heavy atom. The van der Waals surface area contributed by atoms with Crippen molar-refractivity contribution >= 4 is 61.3 Å². The van der Waals surface area contributed by atoms with Gasteiger partial charge in [0, 0.05) is 76.5 Å². The number of benzene rings is 2. The number of rotatable bonds is 11. The minimum Gasteiger partial charge on any atom is -0.494 e. The number of fused-ring (bicyclic) bond motifs is 1. The molecule has 0 saturated carbocycles. The second kappa shape index (κ2) is 14.5. The van der Waals surface area contributed by atoms with E-state index in [1.165, 1.54) is 19.4 Å². The van der Waals surface area contributed by atoms with E-state index in [0.29, 0.717) is 28.5 Å². The molecule has 0 bridgehead atoms. The zero-order chi connectivity index (χ0) is 35.6. The molecule has 266 valence electrons. The topological polar surface area (TPSA) is 175 Å². The lowest BCUT2D eigenvalue weighted by molar-refractivity contribution is -0.384. The standard InChI is InChI=1S/C33H43N11O5S/c1-6-22-19-26(29(49-4)20-27(22)43-13-9-23(10-14-43)42-17-15-40(2)16-18-42)38-33-36-21-28(44(45)46)32(39-33)37-25-8-7-24-30(35-12-11-34-24)31(25)41(3)50(5,47)48/h7-8,11-12,19-21,23H,6,9-10,13-18H2,1-5H3,(H2,36,37,38,39). The Labute approximate surface area is 291 Å². The third-order valence-electron chi connectivity index (χ3n) is 9.53. The van der Waals surface area contributed by atoms with Crippen molar-refractivity contribution in [3.8, 4) is 5.75 Å². The van der Waals surface area contributed by atoms with Gasteiger partial charge in [0.15, 0.2) is 0 Å². The van der Waals surface area contributed by atoms with Crippen LogP contribution < -0.4 is 24.6 Å². The van der Waals surface area contributed by atoms with Gasteiger partial charge in [0.05, 0.1) is 35.2 Å². The molecule has 2 aliphatic rings. The highest BCUT2D eigenvalue weighted by Gasteiger charge is 2.29. The summed E-state index contributed by atoms with van der Waals surface area (Å²) < 4.78 is 32.1. The molecule has 2 aromatic heterocycles. The number of nitro groups is 1. The number of nitrogens with one attached hydrogen (secondary N) is 2. The molecule has 4 heterocycles. The van der Waals surface area contributed by atoms with Crippen LogP contribution in [0.1, 0.15) is 25.3 Å². The Balaban J connectivity index is 1.28. The maximum absolute atomic E-state index is 12.6. The van der Waals surface area contributed by atoms with E-state index in [9.17, 15) is 18.5 Å². The van der Waals surface area contributed by atoms with Crippen LogP contribution in [0.2, 0.25) is 0 Å². The predicted molar refractivity (Wildman–Crippen MR) is 195 cm³/mol. The molecule has 6 rings (SSSR count). The summed E-state index contributed by atoms with van der Waals surface area (Å²) in [4.78, 5) is 36.3. The molecule has 50 heavy (non-hydrogen) atoms. The summed E-state index contributed by atoms with van der Waals surface area (Å²) >= 11 is 0. The van der Waals surface area contributed by atoms with Gasteiger partial charge in [-0.2, -0.15) is 4.98 Å². The van der Waals surface area contributed by atoms with Crippen molar-refractivity contribution in [2.75, 3.05) is 86.6 Å². The van der Waals surface area contributed by atoms with Crippen molar-refractivity contribution in [3.05, 3.63) is 58.5 Å². The van der Waals surface area contributed by atoms with Crippen LogP contribution in [0.25, 0.3) is 11.0 Å². The molecule has 2 fully saturated rings. The fraction of sp³-hybridized carbons (Fsp3) is 0.455. The van der Waals surface area contributed by atoms with E-state index in [1.807, 2.05) is 12.1 Å². The molecule has 16 nitrogen and oxygen atoms in total. The van der Waals surface area contributed by atoms with Crippen molar-refractivity contribution in [2.24, 2.45) is 0 Å². The van der Waals surface area contributed by atoms with Crippen LogP contribution in [0.3, 0.4) is 0 Å². The maximum Gasteiger partial charge on any atom is 0.329 e. The van der Waals surface area contributed by atoms with Crippen LogP contribution >= 0.6 is 0 Å². The number of piperazine rings is 1. The molecular weight excluding hydrogens is 663 g/mol. The minimum absolute atomic E-state index is 0.0813. The van der Waals surface area contributed by atoms with E-state index in [2.05, 4.69) is 59.2 Å². The lowest BCUT2D eigenvalue weighted by atomic mass is 9.99. The quantitative estimate of drug-likeness (QED) is 0.169. The number of hydrogen-bond donors (Lipinski definition) is 2. The third kappa shape index (κ3) is 7.34. The second-order valence-electron chi connectivity index (χ2n) is 12.6. The first-order valence-electron chi connectivity index (χ1n) is 16.6. The molecule has 4 aromatic rings. The molecule has 0 spiro atoms. The Hall–Kier alpha value is -4.87. The zero-order valence-corrected chi connectivity index (χ0v) is 29.8. The van der Waals surface area contributed by atoms with Crippen molar-refractivity contribution in [3.63, 3.8) is 0 Å². The van der Waals surface area contributed by atoms with Crippen molar-refractivity contribution in [1.82, 2.24) is 29.7 Å². The normalized spacial score (nSPS) is 16.4. The fourth-order valence-corrected chi connectivity index (χ4v) is 7.15. The van der Waals surface area contributed by atoms with E-state index in [4.69, 9.17) is 4.74 Å². The Morgan fingerprint density at radius 2 is 1.74 bits per heavy atom. The van der Waals surface area contributed by atoms with Crippen LogP contribution in [0.4, 0.5) is 40.2 Å². The van der Waals surface area contributed by atoms with Crippen LogP contribution in [-0.2, 0) is 16.4 Å². The molecule has 2 aliphatic heterocycles. The lowest BCUT2D eigenvalue weighted by Crippen LogP contribution is -2.52. The number of aryl methyl sites for hydroxylation is 1. The number of nitrogens with zero attached hydrogens (tertiary/aromatic N) is 9. The fourth-order valence-electron chi connectivity index (χ4n) is 6.63. The number of likely N-dealkylation sites (N-methyl/N-ethyl adjacent to an activating group) is 1. The molecule has 2 saturated heterocycles. The van der Waals surface area contributed by atoms with Crippen LogP contribution in [0.15, 0.2) is 42.9 Å². The second-order valence-corrected chi connectivity index (χ2v) is 14.7. The summed E-state index contributed by atoms with van der Waals surface area (Å²) in [6.45, 7) is 8.48. The average Bonchev–Trinajstić information content (AvgIpc) is 3.11. The smallest absolute Gasteiger partial charge is 0.329 e. The first-order valence-corrected chi connectivity index (χ1v) is 18.4. The number of hydrogen-bond acceptors (Lipinski definition) is 14. The Morgan fingerprint density at radius 3 is 2.40 bits per heavy atom. The monoisotopic (exact) mass is 705 g/mol. The Bertz CT molecular complexity index is 1980. The first-order chi connectivity index (χ1) is 24.0. The number of aromatic nitrogens is 4. The number of anilines is 6. The number of methoxy groups -OCH3 is 1. The molecule has 17 heteroatoms. The molecular formula is C33H43N11O5S. The minimum atomic E-state index is -3.75. The first kappa shape index (κ1) is 35.0. The third-order valence-corrected chi connectivity index (χ3v) is 10.7. The van der Waals surface area contributed by atoms with E-state index < -0.39 is 20.6 Å². The van der Waals surface area contributed by atoms with Gasteiger partial charge in [-0.25, -0.2) is 13.4 Å². The van der Waals surface area contributed by atoms with Gasteiger partial charge in [0.1, 0.15) is 23.2 Å². The van der Waals surface area contributed by atoms with Gasteiger partial charge < -0.3 is 25.2 Å². The van der Waals surface area contributed by atoms with E-state index in [1.54, 1.807) is 19.2 Å². The summed E-state index contributed by atoms with van der Waals surface area (Å²) in [5.74, 6) is 0.520. The summed E-state index contributed by atoms with van der Waals surface area (Å²) in [6, 6.07) is 7.87. The molecule has 2 aromatic carbocycles. The number of sulfonamides is 1. The van der Waals surface area contributed by atoms with E-state index in [0.717, 1.165) is 86.5 Å². The highest BCUT2D eigenvalue weighted by molar-refractivity contribution is 7.92. The highest BCUT2D eigenvalue weighted by Crippen LogP contribution is 2.39. The molecule has 0 aliphatic carbocycles. The zero-order valence-electron chi connectivity index (χ0n) is 29.0. The molecule has 0 amide bonds. The summed E-state index contributed by atoms with van der Waals surface area (Å²) in [6.07, 6.45) is 8.09. The SMILES string of the molecule is CCc1cc(Nc2ncc([N+](=O)[O-])c(Nc3ccc4nccnc4c3N(C)S(C)(=O)=O)n2)c(OC)cc1N1CCC(N2CCN(C)CC2)CC1. The van der Waals surface area contributed by atoms with Crippen molar-refractivity contribution in [2.45, 2.75) is 32.2 Å². The number of ether oxygens (including phenoxy) is 1. The lowest BCUT2D eigenvalue weighted by Gasteiger charge is -2.43. The van der Waals surface area contributed by atoms with Crippen molar-refractivity contribution < 1.29 is 18.1 Å². The largest absolute Gasteiger partial charge is 0.494 e. The molecule has 2 N–H and O–H groups in total. The molecule has 0 atom stereocenters. The van der Waals surface area contributed by atoms with Gasteiger partial charge in [-0.3, -0.25) is 29.3 Å². The van der Waals surface area contributed by atoms with E-state index in [-0.39, 0.29) is 23.1 Å². The van der Waals surface area contributed by atoms with E-state index >= 15 is 0 Å². The van der Waals surface area contributed by atoms with Gasteiger partial charge in [-0.1, -0.05) is 6.92 Å².